The molecule has 13 aromatic carbocycles. The summed E-state index contributed by atoms with van der Waals surface area (Å²) in [6, 6.07) is 73.5. The molecule has 0 radical (unpaired) electrons. The Morgan fingerprint density at radius 1 is 0.265 bits per heavy atom. The van der Waals surface area contributed by atoms with Crippen molar-refractivity contribution >= 4 is 108 Å². The number of aromatic nitrogens is 2. The van der Waals surface area contributed by atoms with Crippen LogP contribution in [0.15, 0.2) is 194 Å². The molecule has 0 saturated carbocycles. The van der Waals surface area contributed by atoms with Crippen LogP contribution in [-0.4, -0.2) is 9.13 Å². The second kappa shape index (κ2) is 13.6. The average molecular weight is 865 g/mol. The van der Waals surface area contributed by atoms with Gasteiger partial charge < -0.3 is 9.13 Å². The van der Waals surface area contributed by atoms with Gasteiger partial charge in [-0.15, -0.1) is 0 Å². The minimum absolute atomic E-state index is 1.22. The first-order valence-corrected chi connectivity index (χ1v) is 23.9. The molecular formula is C66H44N2. The molecule has 2 aromatic heterocycles. The zero-order valence-corrected chi connectivity index (χ0v) is 38.4. The highest BCUT2D eigenvalue weighted by atomic mass is 15.0. The monoisotopic (exact) mass is 864 g/mol. The molecule has 0 bridgehead atoms. The topological polar surface area (TPSA) is 9.86 Å². The fourth-order valence-electron chi connectivity index (χ4n) is 12.6. The van der Waals surface area contributed by atoms with E-state index in [1.54, 1.807) is 0 Å². The third kappa shape index (κ3) is 4.91. The predicted molar refractivity (Wildman–Crippen MR) is 292 cm³/mol. The van der Waals surface area contributed by atoms with Crippen LogP contribution in [0.2, 0.25) is 0 Å². The summed E-state index contributed by atoms with van der Waals surface area (Å²) in [5, 5.41) is 23.2. The van der Waals surface area contributed by atoms with E-state index >= 15 is 0 Å². The lowest BCUT2D eigenvalue weighted by Crippen LogP contribution is -2.00. The normalized spacial score (nSPS) is 12.4. The maximum atomic E-state index is 2.55. The average Bonchev–Trinajstić information content (AvgIpc) is 3.77. The van der Waals surface area contributed by atoms with Gasteiger partial charge in [0.15, 0.2) is 0 Å². The van der Waals surface area contributed by atoms with Gasteiger partial charge >= 0.3 is 0 Å². The van der Waals surface area contributed by atoms with Crippen molar-refractivity contribution in [2.45, 2.75) is 27.7 Å². The quantitative estimate of drug-likeness (QED) is 0.123. The van der Waals surface area contributed by atoms with E-state index < -0.39 is 0 Å². The van der Waals surface area contributed by atoms with Crippen LogP contribution in [-0.2, 0) is 0 Å². The molecule has 0 amide bonds. The SMILES string of the molecule is Cc1c(C)n(-c2ccc3ccc4cccc5ccc2c3c45)c2cc3c(-c4ccccc4)c4cc5c(C)c(C)n(-c6ccc7ccc8cccc9ccc6c7c89)c5cc4c(-c4ccccc4)c3cc12. The number of hydrogen-bond acceptors (Lipinski definition) is 0. The third-order valence-corrected chi connectivity index (χ3v) is 16.0. The van der Waals surface area contributed by atoms with Crippen LogP contribution in [0.3, 0.4) is 0 Å². The molecule has 318 valence electrons. The maximum Gasteiger partial charge on any atom is 0.0540 e. The summed E-state index contributed by atoms with van der Waals surface area (Å²) in [6.07, 6.45) is 0. The molecule has 0 fully saturated rings. The number of nitrogens with zero attached hydrogens (tertiary/aromatic N) is 2. The molecule has 15 rings (SSSR count). The lowest BCUT2D eigenvalue weighted by molar-refractivity contribution is 1.05. The van der Waals surface area contributed by atoms with Gasteiger partial charge in [0.05, 0.1) is 22.4 Å². The smallest absolute Gasteiger partial charge is 0.0540 e. The van der Waals surface area contributed by atoms with E-state index in [1.807, 2.05) is 0 Å². The molecule has 2 heteroatoms. The van der Waals surface area contributed by atoms with Crippen molar-refractivity contribution in [2.75, 3.05) is 0 Å². The summed E-state index contributed by atoms with van der Waals surface area (Å²) < 4.78 is 5.09. The maximum absolute atomic E-state index is 2.55. The van der Waals surface area contributed by atoms with E-state index in [2.05, 4.69) is 231 Å². The zero-order chi connectivity index (χ0) is 45.1. The second-order valence-corrected chi connectivity index (χ2v) is 19.3. The molecule has 15 aromatic rings. The van der Waals surface area contributed by atoms with E-state index in [0.717, 1.165) is 0 Å². The molecule has 0 spiro atoms. The lowest BCUT2D eigenvalue weighted by Gasteiger charge is -2.20. The Morgan fingerprint density at radius 2 is 0.603 bits per heavy atom. The van der Waals surface area contributed by atoms with Crippen molar-refractivity contribution in [3.8, 4) is 33.6 Å². The lowest BCUT2D eigenvalue weighted by atomic mass is 9.84. The van der Waals surface area contributed by atoms with E-state index in [-0.39, 0.29) is 0 Å². The highest BCUT2D eigenvalue weighted by Crippen LogP contribution is 2.49. The predicted octanol–water partition coefficient (Wildman–Crippen LogP) is 18.2. The largest absolute Gasteiger partial charge is 0.313 e. The standard InChI is InChI=1S/C66H44N2/c1-37-39(3)67(57-31-27-47-23-21-43-17-11-19-45-25-29-49(57)65(47)61(43)45)59-35-55-53(33-51(37)59)63(41-13-7-5-8-14-41)56-36-60-52(34-54(56)64(55)42-15-9-6-10-16-42)38(2)40(4)68(60)58-32-28-48-24-22-44-18-12-20-46-26-30-50(58)66(48)62(44)46/h5-36H,1-4H3. The number of rotatable bonds is 4. The fraction of sp³-hybridized carbons (Fsp3) is 0.0606. The summed E-state index contributed by atoms with van der Waals surface area (Å²) in [6.45, 7) is 9.24. The van der Waals surface area contributed by atoms with E-state index in [0.29, 0.717) is 0 Å². The Morgan fingerprint density at radius 3 is 1.00 bits per heavy atom. The van der Waals surface area contributed by atoms with Gasteiger partial charge in [-0.2, -0.15) is 0 Å². The van der Waals surface area contributed by atoms with Gasteiger partial charge in [0, 0.05) is 32.9 Å². The molecule has 0 N–H and O–H groups in total. The van der Waals surface area contributed by atoms with Gasteiger partial charge in [-0.3, -0.25) is 0 Å². The Balaban J connectivity index is 1.08. The van der Waals surface area contributed by atoms with Gasteiger partial charge in [-0.25, -0.2) is 0 Å². The van der Waals surface area contributed by atoms with Crippen LogP contribution in [0.25, 0.3) is 142 Å². The number of aryl methyl sites for hydroxylation is 2. The molecule has 0 unspecified atom stereocenters. The van der Waals surface area contributed by atoms with Crippen LogP contribution in [0, 0.1) is 27.7 Å². The summed E-state index contributed by atoms with van der Waals surface area (Å²) in [5.74, 6) is 0. The summed E-state index contributed by atoms with van der Waals surface area (Å²) in [7, 11) is 0. The molecule has 0 aliphatic heterocycles. The highest BCUT2D eigenvalue weighted by molar-refractivity contribution is 6.28. The van der Waals surface area contributed by atoms with Gasteiger partial charge in [0.25, 0.3) is 0 Å². The highest BCUT2D eigenvalue weighted by Gasteiger charge is 2.25. The Bertz CT molecular complexity index is 4290. The zero-order valence-electron chi connectivity index (χ0n) is 38.4. The van der Waals surface area contributed by atoms with Crippen LogP contribution in [0.4, 0.5) is 0 Å². The summed E-state index contributed by atoms with van der Waals surface area (Å²) in [5.41, 5.74) is 15.0. The summed E-state index contributed by atoms with van der Waals surface area (Å²) >= 11 is 0. The number of hydrogen-bond donors (Lipinski definition) is 0. The summed E-state index contributed by atoms with van der Waals surface area (Å²) in [4.78, 5) is 0. The van der Waals surface area contributed by atoms with Crippen LogP contribution in [0.1, 0.15) is 22.5 Å². The fourth-order valence-corrected chi connectivity index (χ4v) is 12.6. The molecule has 2 heterocycles. The minimum Gasteiger partial charge on any atom is -0.313 e. The minimum atomic E-state index is 1.22. The Kier molecular flexibility index (Phi) is 7.53. The van der Waals surface area contributed by atoms with E-state index in [9.17, 15) is 0 Å². The van der Waals surface area contributed by atoms with E-state index in [1.165, 1.54) is 164 Å². The van der Waals surface area contributed by atoms with Crippen molar-refractivity contribution in [3.05, 3.63) is 217 Å². The number of benzene rings is 13. The van der Waals surface area contributed by atoms with Crippen molar-refractivity contribution in [1.82, 2.24) is 9.13 Å². The first kappa shape index (κ1) is 37.7. The molecule has 0 saturated heterocycles. The van der Waals surface area contributed by atoms with E-state index in [4.69, 9.17) is 0 Å². The first-order chi connectivity index (χ1) is 33.4. The van der Waals surface area contributed by atoms with Gasteiger partial charge in [0.2, 0.25) is 0 Å². The molecule has 2 nitrogen and oxygen atoms in total. The Hall–Kier alpha value is -8.46. The van der Waals surface area contributed by atoms with Gasteiger partial charge in [-0.05, 0) is 173 Å². The molecule has 0 aliphatic carbocycles. The number of fused-ring (bicyclic) bond motifs is 4. The van der Waals surface area contributed by atoms with Crippen LogP contribution < -0.4 is 0 Å². The molecule has 0 atom stereocenters. The molecular weight excluding hydrogens is 821 g/mol. The van der Waals surface area contributed by atoms with Crippen molar-refractivity contribution in [3.63, 3.8) is 0 Å². The van der Waals surface area contributed by atoms with Crippen molar-refractivity contribution in [1.29, 1.82) is 0 Å². The van der Waals surface area contributed by atoms with Crippen LogP contribution >= 0.6 is 0 Å². The van der Waals surface area contributed by atoms with Gasteiger partial charge in [0.1, 0.15) is 0 Å². The first-order valence-electron chi connectivity index (χ1n) is 23.9. The van der Waals surface area contributed by atoms with Crippen molar-refractivity contribution in [2.24, 2.45) is 0 Å². The van der Waals surface area contributed by atoms with Crippen molar-refractivity contribution < 1.29 is 0 Å². The Labute approximate surface area is 393 Å². The molecule has 0 aliphatic rings. The second-order valence-electron chi connectivity index (χ2n) is 19.3. The van der Waals surface area contributed by atoms with Crippen LogP contribution in [0.5, 0.6) is 0 Å². The molecule has 68 heavy (non-hydrogen) atoms. The third-order valence-electron chi connectivity index (χ3n) is 16.0. The van der Waals surface area contributed by atoms with Gasteiger partial charge in [-0.1, -0.05) is 158 Å².